The highest BCUT2D eigenvalue weighted by Gasteiger charge is 2.23. The molecule has 0 saturated carbocycles. The van der Waals surface area contributed by atoms with Crippen molar-refractivity contribution >= 4 is 39.2 Å². The molecule has 0 unspecified atom stereocenters. The van der Waals surface area contributed by atoms with E-state index in [-0.39, 0.29) is 26.7 Å². The lowest BCUT2D eigenvalue weighted by Gasteiger charge is -2.21. The first kappa shape index (κ1) is 21.7. The molecule has 0 aromatic heterocycles. The molecule has 2 aromatic carbocycles. The minimum absolute atomic E-state index is 0.0655. The number of anilines is 1. The standard InChI is InChI=1S/C19H21ClN2O5S/c1-19(2,3)21-17(23)13-7-5-6-8-16(13)22-28(25,26)12-9-10-15(20)14(11-12)18(24)27-4/h5-11,22H,1-4H3,(H,21,23). The number of amides is 1. The van der Waals surface area contributed by atoms with E-state index in [4.69, 9.17) is 11.6 Å². The molecule has 0 aliphatic heterocycles. The Kier molecular flexibility index (Phi) is 6.36. The highest BCUT2D eigenvalue weighted by molar-refractivity contribution is 7.92. The number of methoxy groups -OCH3 is 1. The molecule has 0 spiro atoms. The lowest BCUT2D eigenvalue weighted by Crippen LogP contribution is -2.40. The molecule has 28 heavy (non-hydrogen) atoms. The lowest BCUT2D eigenvalue weighted by atomic mass is 10.1. The second kappa shape index (κ2) is 8.20. The van der Waals surface area contributed by atoms with Crippen molar-refractivity contribution in [1.82, 2.24) is 5.32 Å². The van der Waals surface area contributed by atoms with E-state index in [1.165, 1.54) is 31.4 Å². The Hall–Kier alpha value is -2.58. The molecule has 7 nitrogen and oxygen atoms in total. The van der Waals surface area contributed by atoms with E-state index < -0.39 is 27.4 Å². The van der Waals surface area contributed by atoms with Crippen LogP contribution in [0.4, 0.5) is 5.69 Å². The van der Waals surface area contributed by atoms with Crippen LogP contribution in [-0.4, -0.2) is 32.9 Å². The Labute approximate surface area is 169 Å². The van der Waals surface area contributed by atoms with Crippen molar-refractivity contribution in [3.05, 3.63) is 58.6 Å². The van der Waals surface area contributed by atoms with Crippen molar-refractivity contribution in [2.45, 2.75) is 31.2 Å². The first-order valence-electron chi connectivity index (χ1n) is 8.27. The molecular weight excluding hydrogens is 404 g/mol. The summed E-state index contributed by atoms with van der Waals surface area (Å²) in [4.78, 5) is 24.1. The van der Waals surface area contributed by atoms with Gasteiger partial charge in [-0.25, -0.2) is 13.2 Å². The normalized spacial score (nSPS) is 11.6. The molecular formula is C19H21ClN2O5S. The first-order valence-corrected chi connectivity index (χ1v) is 10.1. The average Bonchev–Trinajstić information content (AvgIpc) is 2.60. The van der Waals surface area contributed by atoms with Gasteiger partial charge in [-0.2, -0.15) is 0 Å². The van der Waals surface area contributed by atoms with Crippen LogP contribution < -0.4 is 10.0 Å². The molecule has 0 fully saturated rings. The van der Waals surface area contributed by atoms with Crippen LogP contribution in [0.1, 0.15) is 41.5 Å². The van der Waals surface area contributed by atoms with Gasteiger partial charge in [-0.3, -0.25) is 9.52 Å². The maximum Gasteiger partial charge on any atom is 0.339 e. The number of carbonyl (C=O) groups is 2. The summed E-state index contributed by atoms with van der Waals surface area (Å²) in [6.07, 6.45) is 0. The number of rotatable bonds is 5. The quantitative estimate of drug-likeness (QED) is 0.715. The summed E-state index contributed by atoms with van der Waals surface area (Å²) in [5, 5.41) is 2.85. The number of ether oxygens (including phenoxy) is 1. The largest absolute Gasteiger partial charge is 0.465 e. The molecule has 2 aromatic rings. The van der Waals surface area contributed by atoms with Gasteiger partial charge in [0.2, 0.25) is 0 Å². The van der Waals surface area contributed by atoms with Crippen LogP contribution in [0.15, 0.2) is 47.4 Å². The van der Waals surface area contributed by atoms with E-state index >= 15 is 0 Å². The van der Waals surface area contributed by atoms with Gasteiger partial charge in [0.15, 0.2) is 0 Å². The molecule has 2 rings (SSSR count). The zero-order valence-electron chi connectivity index (χ0n) is 15.9. The van der Waals surface area contributed by atoms with Crippen molar-refractivity contribution in [3.63, 3.8) is 0 Å². The van der Waals surface area contributed by atoms with Crippen LogP contribution in [0.5, 0.6) is 0 Å². The summed E-state index contributed by atoms with van der Waals surface area (Å²) in [5.41, 5.74) is -0.290. The number of benzene rings is 2. The Balaban J connectivity index is 2.41. The highest BCUT2D eigenvalue weighted by atomic mass is 35.5. The molecule has 150 valence electrons. The van der Waals surface area contributed by atoms with Crippen LogP contribution >= 0.6 is 11.6 Å². The molecule has 1 amide bonds. The van der Waals surface area contributed by atoms with Crippen molar-refractivity contribution in [2.24, 2.45) is 0 Å². The van der Waals surface area contributed by atoms with Gasteiger partial charge in [0.25, 0.3) is 15.9 Å². The summed E-state index contributed by atoms with van der Waals surface area (Å²) in [6.45, 7) is 5.46. The number of carbonyl (C=O) groups excluding carboxylic acids is 2. The fourth-order valence-corrected chi connectivity index (χ4v) is 3.62. The fraction of sp³-hybridized carbons (Fsp3) is 0.263. The molecule has 0 aliphatic rings. The lowest BCUT2D eigenvalue weighted by molar-refractivity contribution is 0.0600. The molecule has 9 heteroatoms. The molecule has 0 saturated heterocycles. The molecule has 2 N–H and O–H groups in total. The number of nitrogens with one attached hydrogen (secondary N) is 2. The summed E-state index contributed by atoms with van der Waals surface area (Å²) in [6, 6.07) is 9.90. The summed E-state index contributed by atoms with van der Waals surface area (Å²) in [5.74, 6) is -1.18. The SMILES string of the molecule is COC(=O)c1cc(S(=O)(=O)Nc2ccccc2C(=O)NC(C)(C)C)ccc1Cl. The van der Waals surface area contributed by atoms with Crippen molar-refractivity contribution in [2.75, 3.05) is 11.8 Å². The Morgan fingerprint density at radius 2 is 1.68 bits per heavy atom. The van der Waals surface area contributed by atoms with Gasteiger partial charge in [0, 0.05) is 5.54 Å². The number of sulfonamides is 1. The summed E-state index contributed by atoms with van der Waals surface area (Å²) >= 11 is 5.94. The Morgan fingerprint density at radius 3 is 2.29 bits per heavy atom. The third kappa shape index (κ3) is 5.24. The van der Waals surface area contributed by atoms with Crippen molar-refractivity contribution in [1.29, 1.82) is 0 Å². The van der Waals surface area contributed by atoms with Crippen LogP contribution in [0.3, 0.4) is 0 Å². The van der Waals surface area contributed by atoms with Crippen LogP contribution in [0, 0.1) is 0 Å². The van der Waals surface area contributed by atoms with Crippen LogP contribution in [0.25, 0.3) is 0 Å². The zero-order chi connectivity index (χ0) is 21.1. The van der Waals surface area contributed by atoms with Gasteiger partial charge in [-0.05, 0) is 51.1 Å². The van der Waals surface area contributed by atoms with Gasteiger partial charge in [-0.1, -0.05) is 23.7 Å². The van der Waals surface area contributed by atoms with Crippen LogP contribution in [0.2, 0.25) is 5.02 Å². The van der Waals surface area contributed by atoms with Gasteiger partial charge < -0.3 is 10.1 Å². The summed E-state index contributed by atoms with van der Waals surface area (Å²) in [7, 11) is -2.92. The molecule has 0 bridgehead atoms. The van der Waals surface area contributed by atoms with Gasteiger partial charge in [0.05, 0.1) is 33.8 Å². The molecule has 0 aliphatic carbocycles. The van der Waals surface area contributed by atoms with E-state index in [1.54, 1.807) is 12.1 Å². The van der Waals surface area contributed by atoms with Gasteiger partial charge in [-0.15, -0.1) is 0 Å². The van der Waals surface area contributed by atoms with Gasteiger partial charge >= 0.3 is 5.97 Å². The number of para-hydroxylation sites is 1. The fourth-order valence-electron chi connectivity index (χ4n) is 2.32. The second-order valence-electron chi connectivity index (χ2n) is 6.99. The zero-order valence-corrected chi connectivity index (χ0v) is 17.4. The minimum Gasteiger partial charge on any atom is -0.465 e. The highest BCUT2D eigenvalue weighted by Crippen LogP contribution is 2.25. The van der Waals surface area contributed by atoms with Crippen LogP contribution in [-0.2, 0) is 14.8 Å². The number of halogens is 1. The van der Waals surface area contributed by atoms with Crippen molar-refractivity contribution in [3.8, 4) is 0 Å². The predicted octanol–water partition coefficient (Wildman–Crippen LogP) is 3.46. The maximum atomic E-state index is 12.8. The molecule has 0 atom stereocenters. The topological polar surface area (TPSA) is 102 Å². The van der Waals surface area contributed by atoms with Gasteiger partial charge in [0.1, 0.15) is 0 Å². The number of esters is 1. The van der Waals surface area contributed by atoms with Crippen molar-refractivity contribution < 1.29 is 22.7 Å². The monoisotopic (exact) mass is 424 g/mol. The predicted molar refractivity (Wildman–Crippen MR) is 107 cm³/mol. The third-order valence-corrected chi connectivity index (χ3v) is 5.25. The second-order valence-corrected chi connectivity index (χ2v) is 9.08. The summed E-state index contributed by atoms with van der Waals surface area (Å²) < 4.78 is 32.6. The molecule has 0 heterocycles. The van der Waals surface area contributed by atoms with E-state index in [0.29, 0.717) is 0 Å². The Morgan fingerprint density at radius 1 is 1.04 bits per heavy atom. The molecule has 0 radical (unpaired) electrons. The van der Waals surface area contributed by atoms with E-state index in [0.717, 1.165) is 6.07 Å². The Bertz CT molecular complexity index is 1010. The number of hydrogen-bond donors (Lipinski definition) is 2. The maximum absolute atomic E-state index is 12.8. The third-order valence-electron chi connectivity index (χ3n) is 3.56. The van der Waals surface area contributed by atoms with E-state index in [1.807, 2.05) is 20.8 Å². The average molecular weight is 425 g/mol. The number of hydrogen-bond acceptors (Lipinski definition) is 5. The van der Waals surface area contributed by atoms with E-state index in [2.05, 4.69) is 14.8 Å². The first-order chi connectivity index (χ1) is 12.9. The smallest absolute Gasteiger partial charge is 0.339 e. The minimum atomic E-state index is -4.09. The van der Waals surface area contributed by atoms with E-state index in [9.17, 15) is 18.0 Å².